The molecule has 0 saturated carbocycles. The van der Waals surface area contributed by atoms with E-state index in [0.29, 0.717) is 29.4 Å². The second-order valence-corrected chi connectivity index (χ2v) is 6.57. The van der Waals surface area contributed by atoms with Gasteiger partial charge in [0.1, 0.15) is 10.7 Å². The van der Waals surface area contributed by atoms with Crippen molar-refractivity contribution in [1.82, 2.24) is 9.88 Å². The fourth-order valence-electron chi connectivity index (χ4n) is 2.66. The molecule has 2 heterocycles. The topological polar surface area (TPSA) is 53.4 Å². The minimum absolute atomic E-state index is 0.0863. The number of hydrogen-bond donors (Lipinski definition) is 1. The minimum Gasteiger partial charge on any atom is -0.393 e. The summed E-state index contributed by atoms with van der Waals surface area (Å²) in [6, 6.07) is 3.55. The van der Waals surface area contributed by atoms with Crippen LogP contribution in [0.3, 0.4) is 0 Å². The number of likely N-dealkylation sites (tertiary alicyclic amines) is 1. The predicted molar refractivity (Wildman–Crippen MR) is 83.2 cm³/mol. The van der Waals surface area contributed by atoms with Crippen LogP contribution in [0.2, 0.25) is 0 Å². The largest absolute Gasteiger partial charge is 0.393 e. The molecule has 0 spiro atoms. The molecule has 23 heavy (non-hydrogen) atoms. The molecule has 122 valence electrons. The van der Waals surface area contributed by atoms with Crippen LogP contribution in [0.1, 0.15) is 23.8 Å². The van der Waals surface area contributed by atoms with E-state index >= 15 is 0 Å². The van der Waals surface area contributed by atoms with E-state index in [1.807, 2.05) is 0 Å². The lowest BCUT2D eigenvalue weighted by Gasteiger charge is -2.16. The molecule has 2 unspecified atom stereocenters. The summed E-state index contributed by atoms with van der Waals surface area (Å²) in [5, 5.41) is 11.7. The van der Waals surface area contributed by atoms with Gasteiger partial charge in [-0.2, -0.15) is 0 Å². The van der Waals surface area contributed by atoms with Crippen LogP contribution in [0.4, 0.5) is 8.78 Å². The highest BCUT2D eigenvalue weighted by Gasteiger charge is 2.30. The minimum atomic E-state index is -0.940. The third kappa shape index (κ3) is 3.25. The Kier molecular flexibility index (Phi) is 4.41. The van der Waals surface area contributed by atoms with Crippen molar-refractivity contribution in [2.24, 2.45) is 5.92 Å². The first kappa shape index (κ1) is 16.0. The number of rotatable bonds is 3. The number of amides is 1. The summed E-state index contributed by atoms with van der Waals surface area (Å²) in [5.74, 6) is -1.96. The van der Waals surface area contributed by atoms with Gasteiger partial charge in [-0.3, -0.25) is 4.79 Å². The Morgan fingerprint density at radius 2 is 2.22 bits per heavy atom. The lowest BCUT2D eigenvalue weighted by Crippen LogP contribution is -2.30. The SMILES string of the molecule is CC(O)C1CCN(C(=O)c2csc(-c3ccc(F)c(F)c3)n2)C1. The number of carbonyl (C=O) groups is 1. The van der Waals surface area contributed by atoms with Gasteiger partial charge in [-0.25, -0.2) is 13.8 Å². The first-order chi connectivity index (χ1) is 11.0. The van der Waals surface area contributed by atoms with Gasteiger partial charge >= 0.3 is 0 Å². The Hall–Kier alpha value is -1.86. The third-order valence-electron chi connectivity index (χ3n) is 4.08. The number of halogens is 2. The number of thiazole rings is 1. The van der Waals surface area contributed by atoms with Crippen molar-refractivity contribution >= 4 is 17.2 Å². The van der Waals surface area contributed by atoms with E-state index in [2.05, 4.69) is 4.98 Å². The maximum Gasteiger partial charge on any atom is 0.273 e. The molecule has 3 rings (SSSR count). The van der Waals surface area contributed by atoms with Gasteiger partial charge in [0, 0.05) is 30.0 Å². The van der Waals surface area contributed by atoms with E-state index in [-0.39, 0.29) is 11.8 Å². The van der Waals surface area contributed by atoms with Crippen LogP contribution in [-0.4, -0.2) is 40.1 Å². The summed E-state index contributed by atoms with van der Waals surface area (Å²) in [4.78, 5) is 18.3. The molecule has 1 aromatic heterocycles. The van der Waals surface area contributed by atoms with Crippen LogP contribution in [0, 0.1) is 17.6 Å². The Balaban J connectivity index is 1.76. The average molecular weight is 338 g/mol. The summed E-state index contributed by atoms with van der Waals surface area (Å²) < 4.78 is 26.3. The smallest absolute Gasteiger partial charge is 0.273 e. The summed E-state index contributed by atoms with van der Waals surface area (Å²) in [6.07, 6.45) is 0.324. The second kappa shape index (κ2) is 6.33. The first-order valence-corrected chi connectivity index (χ1v) is 8.22. The van der Waals surface area contributed by atoms with Crippen LogP contribution < -0.4 is 0 Å². The highest BCUT2D eigenvalue weighted by atomic mass is 32.1. The summed E-state index contributed by atoms with van der Waals surface area (Å²) in [7, 11) is 0. The number of hydrogen-bond acceptors (Lipinski definition) is 4. The van der Waals surface area contributed by atoms with Gasteiger partial charge in [0.15, 0.2) is 11.6 Å². The fraction of sp³-hybridized carbons (Fsp3) is 0.375. The van der Waals surface area contributed by atoms with Gasteiger partial charge in [-0.05, 0) is 31.5 Å². The molecule has 2 atom stereocenters. The van der Waals surface area contributed by atoms with Crippen molar-refractivity contribution in [2.75, 3.05) is 13.1 Å². The monoisotopic (exact) mass is 338 g/mol. The van der Waals surface area contributed by atoms with Crippen LogP contribution in [0.15, 0.2) is 23.6 Å². The van der Waals surface area contributed by atoms with Crippen molar-refractivity contribution in [3.05, 3.63) is 40.9 Å². The van der Waals surface area contributed by atoms with Crippen LogP contribution >= 0.6 is 11.3 Å². The molecule has 1 amide bonds. The molecule has 1 saturated heterocycles. The van der Waals surface area contributed by atoms with E-state index in [4.69, 9.17) is 0 Å². The molecule has 4 nitrogen and oxygen atoms in total. The molecule has 0 radical (unpaired) electrons. The average Bonchev–Trinajstić information content (AvgIpc) is 3.18. The Labute approximate surface area is 136 Å². The van der Waals surface area contributed by atoms with Gasteiger partial charge < -0.3 is 10.0 Å². The third-order valence-corrected chi connectivity index (χ3v) is 4.98. The molecule has 1 N–H and O–H groups in total. The molecule has 7 heteroatoms. The molecule has 1 aliphatic heterocycles. The van der Waals surface area contributed by atoms with Gasteiger partial charge in [-0.15, -0.1) is 11.3 Å². The normalized spacial score (nSPS) is 19.1. The van der Waals surface area contributed by atoms with Gasteiger partial charge in [0.05, 0.1) is 6.10 Å². The number of aliphatic hydroxyl groups excluding tert-OH is 1. The molecule has 2 aromatic rings. The Morgan fingerprint density at radius 1 is 1.43 bits per heavy atom. The second-order valence-electron chi connectivity index (χ2n) is 5.71. The standard InChI is InChI=1S/C16H16F2N2O2S/c1-9(21)11-4-5-20(7-11)16(22)14-8-23-15(19-14)10-2-3-12(17)13(18)6-10/h2-3,6,8-9,11,21H,4-5,7H2,1H3. The van der Waals surface area contributed by atoms with Gasteiger partial charge in [-0.1, -0.05) is 0 Å². The summed E-state index contributed by atoms with van der Waals surface area (Å²) in [5.41, 5.74) is 0.734. The van der Waals surface area contributed by atoms with Crippen molar-refractivity contribution in [1.29, 1.82) is 0 Å². The zero-order chi connectivity index (χ0) is 16.6. The zero-order valence-electron chi connectivity index (χ0n) is 12.5. The fourth-order valence-corrected chi connectivity index (χ4v) is 3.45. The van der Waals surface area contributed by atoms with E-state index in [0.717, 1.165) is 18.6 Å². The maximum absolute atomic E-state index is 13.3. The molecular weight excluding hydrogens is 322 g/mol. The Morgan fingerprint density at radius 3 is 2.87 bits per heavy atom. The zero-order valence-corrected chi connectivity index (χ0v) is 13.3. The Bertz CT molecular complexity index is 733. The predicted octanol–water partition coefficient (Wildman–Crippen LogP) is 2.93. The van der Waals surface area contributed by atoms with E-state index in [1.54, 1.807) is 17.2 Å². The van der Waals surface area contributed by atoms with Gasteiger partial charge in [0.25, 0.3) is 5.91 Å². The van der Waals surface area contributed by atoms with Crippen LogP contribution in [-0.2, 0) is 0 Å². The number of nitrogens with zero attached hydrogens (tertiary/aromatic N) is 2. The number of aromatic nitrogens is 1. The molecule has 0 aliphatic carbocycles. The molecule has 0 bridgehead atoms. The number of aliphatic hydroxyl groups is 1. The van der Waals surface area contributed by atoms with Crippen molar-refractivity contribution in [2.45, 2.75) is 19.4 Å². The van der Waals surface area contributed by atoms with Crippen LogP contribution in [0.5, 0.6) is 0 Å². The quantitative estimate of drug-likeness (QED) is 0.936. The number of benzene rings is 1. The van der Waals surface area contributed by atoms with Gasteiger partial charge in [0.2, 0.25) is 0 Å². The van der Waals surface area contributed by atoms with Crippen molar-refractivity contribution in [3.8, 4) is 10.6 Å². The van der Waals surface area contributed by atoms with Crippen LogP contribution in [0.25, 0.3) is 10.6 Å². The molecule has 1 fully saturated rings. The van der Waals surface area contributed by atoms with E-state index < -0.39 is 17.7 Å². The lowest BCUT2D eigenvalue weighted by atomic mass is 10.0. The van der Waals surface area contributed by atoms with E-state index in [9.17, 15) is 18.7 Å². The maximum atomic E-state index is 13.3. The first-order valence-electron chi connectivity index (χ1n) is 7.34. The van der Waals surface area contributed by atoms with Crippen molar-refractivity contribution < 1.29 is 18.7 Å². The molecule has 1 aliphatic rings. The van der Waals surface area contributed by atoms with Crippen molar-refractivity contribution in [3.63, 3.8) is 0 Å². The highest BCUT2D eigenvalue weighted by Crippen LogP contribution is 2.27. The summed E-state index contributed by atoms with van der Waals surface area (Å²) in [6.45, 7) is 2.82. The van der Waals surface area contributed by atoms with E-state index in [1.165, 1.54) is 17.4 Å². The summed E-state index contributed by atoms with van der Waals surface area (Å²) >= 11 is 1.21. The molecular formula is C16H16F2N2O2S. The molecule has 1 aromatic carbocycles. The number of carbonyl (C=O) groups excluding carboxylic acids is 1. The highest BCUT2D eigenvalue weighted by molar-refractivity contribution is 7.13. The lowest BCUT2D eigenvalue weighted by molar-refractivity contribution is 0.0757.